The van der Waals surface area contributed by atoms with Crippen LogP contribution in [0.15, 0.2) is 23.1 Å². The van der Waals surface area contributed by atoms with Gasteiger partial charge >= 0.3 is 6.03 Å². The molecule has 0 aromatic heterocycles. The Balaban J connectivity index is 1.96. The van der Waals surface area contributed by atoms with E-state index in [1.807, 2.05) is 20.8 Å². The summed E-state index contributed by atoms with van der Waals surface area (Å²) in [5, 5.41) is 5.64. The number of rotatable bonds is 8. The van der Waals surface area contributed by atoms with Gasteiger partial charge in [-0.15, -0.1) is 0 Å². The van der Waals surface area contributed by atoms with Crippen LogP contribution >= 0.6 is 0 Å². The number of likely N-dealkylation sites (N-methyl/N-ethyl adjacent to an activating group) is 1. The fraction of sp³-hybridized carbons (Fsp3) is 0.650. The number of amides is 2. The zero-order valence-corrected chi connectivity index (χ0v) is 18.5. The minimum Gasteiger partial charge on any atom is -0.337 e. The van der Waals surface area contributed by atoms with E-state index in [0.717, 1.165) is 12.1 Å². The van der Waals surface area contributed by atoms with Crippen LogP contribution in [0.25, 0.3) is 0 Å². The highest BCUT2D eigenvalue weighted by Crippen LogP contribution is 2.24. The van der Waals surface area contributed by atoms with E-state index in [-0.39, 0.29) is 17.0 Å². The Morgan fingerprint density at radius 1 is 1.21 bits per heavy atom. The SMILES string of the molecule is Cc1ccc(S(=O)(=O)N(C)C(C)C)cc1NC(=O)NCCN(C)C1CCCC1. The maximum absolute atomic E-state index is 12.7. The zero-order valence-electron chi connectivity index (χ0n) is 17.7. The van der Waals surface area contributed by atoms with Crippen LogP contribution < -0.4 is 10.6 Å². The molecule has 28 heavy (non-hydrogen) atoms. The molecule has 0 spiro atoms. The van der Waals surface area contributed by atoms with Gasteiger partial charge in [-0.1, -0.05) is 18.9 Å². The molecule has 0 unspecified atom stereocenters. The lowest BCUT2D eigenvalue weighted by Gasteiger charge is -2.24. The third kappa shape index (κ3) is 5.68. The summed E-state index contributed by atoms with van der Waals surface area (Å²) in [5.74, 6) is 0. The van der Waals surface area contributed by atoms with Crippen molar-refractivity contribution in [1.29, 1.82) is 0 Å². The summed E-state index contributed by atoms with van der Waals surface area (Å²) >= 11 is 0. The number of benzene rings is 1. The van der Waals surface area contributed by atoms with Gasteiger partial charge in [0, 0.05) is 37.9 Å². The number of urea groups is 1. The molecule has 0 heterocycles. The average Bonchev–Trinajstić information content (AvgIpc) is 3.17. The van der Waals surface area contributed by atoms with Crippen LogP contribution in [-0.4, -0.2) is 62.9 Å². The van der Waals surface area contributed by atoms with E-state index < -0.39 is 10.0 Å². The van der Waals surface area contributed by atoms with Crippen molar-refractivity contribution in [2.45, 2.75) is 63.4 Å². The Bertz CT molecular complexity index is 774. The molecule has 1 aromatic carbocycles. The smallest absolute Gasteiger partial charge is 0.319 e. The van der Waals surface area contributed by atoms with E-state index in [2.05, 4.69) is 22.6 Å². The van der Waals surface area contributed by atoms with Crippen molar-refractivity contribution in [2.75, 3.05) is 32.5 Å². The van der Waals surface area contributed by atoms with Crippen LogP contribution in [0.5, 0.6) is 0 Å². The molecule has 0 bridgehead atoms. The first-order valence-electron chi connectivity index (χ1n) is 9.96. The van der Waals surface area contributed by atoms with E-state index in [0.29, 0.717) is 18.3 Å². The van der Waals surface area contributed by atoms with Gasteiger partial charge in [-0.2, -0.15) is 4.31 Å². The molecule has 1 aliphatic carbocycles. The van der Waals surface area contributed by atoms with Crippen molar-refractivity contribution in [3.63, 3.8) is 0 Å². The van der Waals surface area contributed by atoms with Gasteiger partial charge in [0.1, 0.15) is 0 Å². The fourth-order valence-electron chi connectivity index (χ4n) is 3.38. The average molecular weight is 411 g/mol. The minimum atomic E-state index is -3.60. The zero-order chi connectivity index (χ0) is 20.9. The number of nitrogens with zero attached hydrogens (tertiary/aromatic N) is 2. The molecule has 2 amide bonds. The third-order valence-corrected chi connectivity index (χ3v) is 7.59. The van der Waals surface area contributed by atoms with Crippen molar-refractivity contribution in [2.24, 2.45) is 0 Å². The molecule has 2 rings (SSSR count). The molecule has 2 N–H and O–H groups in total. The second-order valence-electron chi connectivity index (χ2n) is 7.89. The van der Waals surface area contributed by atoms with Crippen molar-refractivity contribution in [3.05, 3.63) is 23.8 Å². The fourth-order valence-corrected chi connectivity index (χ4v) is 4.77. The predicted octanol–water partition coefficient (Wildman–Crippen LogP) is 3.02. The van der Waals surface area contributed by atoms with Gasteiger partial charge in [-0.05, 0) is 58.4 Å². The van der Waals surface area contributed by atoms with Gasteiger partial charge in [0.15, 0.2) is 0 Å². The molecule has 7 nitrogen and oxygen atoms in total. The predicted molar refractivity (Wildman–Crippen MR) is 113 cm³/mol. The Morgan fingerprint density at radius 2 is 1.86 bits per heavy atom. The van der Waals surface area contributed by atoms with Crippen LogP contribution in [0.2, 0.25) is 0 Å². The first-order valence-corrected chi connectivity index (χ1v) is 11.4. The number of carbonyl (C=O) groups is 1. The molecule has 1 aromatic rings. The highest BCUT2D eigenvalue weighted by molar-refractivity contribution is 7.89. The van der Waals surface area contributed by atoms with Crippen LogP contribution in [0.3, 0.4) is 0 Å². The number of aryl methyl sites for hydroxylation is 1. The normalized spacial score (nSPS) is 15.6. The van der Waals surface area contributed by atoms with E-state index in [4.69, 9.17) is 0 Å². The lowest BCUT2D eigenvalue weighted by Crippen LogP contribution is -2.39. The summed E-state index contributed by atoms with van der Waals surface area (Å²) < 4.78 is 26.7. The molecule has 0 radical (unpaired) electrons. The maximum atomic E-state index is 12.7. The number of anilines is 1. The summed E-state index contributed by atoms with van der Waals surface area (Å²) in [4.78, 5) is 14.7. The van der Waals surface area contributed by atoms with Crippen LogP contribution in [-0.2, 0) is 10.0 Å². The van der Waals surface area contributed by atoms with Gasteiger partial charge < -0.3 is 15.5 Å². The van der Waals surface area contributed by atoms with Gasteiger partial charge in [0.05, 0.1) is 4.90 Å². The van der Waals surface area contributed by atoms with Crippen molar-refractivity contribution in [1.82, 2.24) is 14.5 Å². The van der Waals surface area contributed by atoms with Crippen LogP contribution in [0, 0.1) is 6.92 Å². The van der Waals surface area contributed by atoms with Gasteiger partial charge in [0.25, 0.3) is 0 Å². The standard InChI is InChI=1S/C20H34N4O3S/c1-15(2)24(5)28(26,27)18-11-10-16(3)19(14-18)22-20(25)21-12-13-23(4)17-8-6-7-9-17/h10-11,14-15,17H,6-9,12-13H2,1-5H3,(H2,21,22,25). The Labute approximate surface area is 169 Å². The molecule has 8 heteroatoms. The van der Waals surface area contributed by atoms with E-state index in [1.165, 1.54) is 36.1 Å². The molecule has 0 atom stereocenters. The monoisotopic (exact) mass is 410 g/mol. The number of carbonyl (C=O) groups excluding carboxylic acids is 1. The molecule has 158 valence electrons. The topological polar surface area (TPSA) is 81.8 Å². The van der Waals surface area contributed by atoms with Crippen LogP contribution in [0.1, 0.15) is 45.1 Å². The summed E-state index contributed by atoms with van der Waals surface area (Å²) in [6.07, 6.45) is 5.03. The second kappa shape index (κ2) is 9.71. The van der Waals surface area contributed by atoms with E-state index in [1.54, 1.807) is 19.2 Å². The van der Waals surface area contributed by atoms with Crippen molar-refractivity contribution < 1.29 is 13.2 Å². The first kappa shape index (κ1) is 22.6. The van der Waals surface area contributed by atoms with Gasteiger partial charge in [-0.3, -0.25) is 0 Å². The lowest BCUT2D eigenvalue weighted by molar-refractivity contribution is 0.235. The molecule has 1 aliphatic rings. The number of sulfonamides is 1. The van der Waals surface area contributed by atoms with Crippen molar-refractivity contribution >= 4 is 21.7 Å². The highest BCUT2D eigenvalue weighted by atomic mass is 32.2. The molecular weight excluding hydrogens is 376 g/mol. The summed E-state index contributed by atoms with van der Waals surface area (Å²) in [5.41, 5.74) is 1.31. The van der Waals surface area contributed by atoms with Crippen molar-refractivity contribution in [3.8, 4) is 0 Å². The Morgan fingerprint density at radius 3 is 2.46 bits per heavy atom. The molecule has 1 saturated carbocycles. The van der Waals surface area contributed by atoms with Gasteiger partial charge in [-0.25, -0.2) is 13.2 Å². The summed E-state index contributed by atoms with van der Waals surface area (Å²) in [7, 11) is 0.0566. The van der Waals surface area contributed by atoms with Gasteiger partial charge in [0.2, 0.25) is 10.0 Å². The molecule has 0 aliphatic heterocycles. The number of hydrogen-bond acceptors (Lipinski definition) is 4. The largest absolute Gasteiger partial charge is 0.337 e. The number of nitrogens with one attached hydrogen (secondary N) is 2. The quantitative estimate of drug-likeness (QED) is 0.690. The Hall–Kier alpha value is -1.64. The first-order chi connectivity index (χ1) is 13.1. The highest BCUT2D eigenvalue weighted by Gasteiger charge is 2.24. The minimum absolute atomic E-state index is 0.150. The van der Waals surface area contributed by atoms with E-state index in [9.17, 15) is 13.2 Å². The maximum Gasteiger partial charge on any atom is 0.319 e. The second-order valence-corrected chi connectivity index (χ2v) is 9.89. The number of hydrogen-bond donors (Lipinski definition) is 2. The molecule has 1 fully saturated rings. The molecular formula is C20H34N4O3S. The lowest BCUT2D eigenvalue weighted by atomic mass is 10.2. The molecule has 0 saturated heterocycles. The summed E-state index contributed by atoms with van der Waals surface area (Å²) in [6, 6.07) is 4.95. The Kier molecular flexibility index (Phi) is 7.86. The van der Waals surface area contributed by atoms with Crippen LogP contribution in [0.4, 0.5) is 10.5 Å². The third-order valence-electron chi connectivity index (χ3n) is 5.56. The summed E-state index contributed by atoms with van der Waals surface area (Å²) in [6.45, 7) is 6.82. The van der Waals surface area contributed by atoms with E-state index >= 15 is 0 Å².